The number of hydrogen-bond donors (Lipinski definition) is 2. The molecule has 2 heterocycles. The molecule has 20 heavy (non-hydrogen) atoms. The first kappa shape index (κ1) is 13.6. The van der Waals surface area contributed by atoms with Crippen LogP contribution >= 0.6 is 15.9 Å². The predicted molar refractivity (Wildman–Crippen MR) is 79.2 cm³/mol. The number of aromatic nitrogens is 1. The fraction of sp³-hybridized carbons (Fsp3) is 0.333. The minimum Gasteiger partial charge on any atom is -0.493 e. The van der Waals surface area contributed by atoms with E-state index in [9.17, 15) is 13.5 Å². The van der Waals surface area contributed by atoms with E-state index in [2.05, 4.69) is 31.1 Å². The molecule has 0 amide bonds. The summed E-state index contributed by atoms with van der Waals surface area (Å²) in [5.41, 5.74) is 1.09. The average Bonchev–Trinajstić information content (AvgIpc) is 2.86. The third-order valence-electron chi connectivity index (χ3n) is 3.24. The van der Waals surface area contributed by atoms with E-state index in [0.29, 0.717) is 12.1 Å². The zero-order valence-corrected chi connectivity index (χ0v) is 12.8. The van der Waals surface area contributed by atoms with E-state index >= 15 is 0 Å². The van der Waals surface area contributed by atoms with Crippen molar-refractivity contribution < 1.29 is 13.5 Å². The number of rotatable bonds is 2. The van der Waals surface area contributed by atoms with Crippen LogP contribution in [0.1, 0.15) is 6.42 Å². The van der Waals surface area contributed by atoms with Crippen molar-refractivity contribution in [1.82, 2.24) is 4.98 Å². The van der Waals surface area contributed by atoms with Gasteiger partial charge in [0.25, 0.3) is 0 Å². The van der Waals surface area contributed by atoms with Gasteiger partial charge in [-0.2, -0.15) is 5.11 Å². The van der Waals surface area contributed by atoms with Gasteiger partial charge in [0.05, 0.1) is 23.1 Å². The highest BCUT2D eigenvalue weighted by Crippen LogP contribution is 2.37. The van der Waals surface area contributed by atoms with E-state index in [0.717, 1.165) is 15.4 Å². The molecule has 1 aromatic heterocycles. The highest BCUT2D eigenvalue weighted by molar-refractivity contribution is 9.10. The normalized spacial score (nSPS) is 21.9. The standard InChI is InChI=1S/C12H12BrN3O3S/c13-7-1-2-10-9(5-7)11(12(17)14-10)16-15-8-3-4-20(18,19)6-8/h1-2,5,8,14,17H,3-4,6H2. The molecule has 8 heteroatoms. The molecule has 1 atom stereocenters. The highest BCUT2D eigenvalue weighted by Gasteiger charge is 2.27. The molecule has 0 radical (unpaired) electrons. The first-order chi connectivity index (χ1) is 9.44. The first-order valence-electron chi connectivity index (χ1n) is 6.06. The van der Waals surface area contributed by atoms with Crippen molar-refractivity contribution in [2.45, 2.75) is 12.5 Å². The van der Waals surface area contributed by atoms with Gasteiger partial charge in [0.1, 0.15) is 0 Å². The molecule has 1 aliphatic heterocycles. The lowest BCUT2D eigenvalue weighted by atomic mass is 10.2. The van der Waals surface area contributed by atoms with Gasteiger partial charge in [-0.15, -0.1) is 5.11 Å². The summed E-state index contributed by atoms with van der Waals surface area (Å²) in [5, 5.41) is 18.7. The van der Waals surface area contributed by atoms with Crippen LogP contribution in [0.15, 0.2) is 32.9 Å². The first-order valence-corrected chi connectivity index (χ1v) is 8.67. The topological polar surface area (TPSA) is 94.9 Å². The van der Waals surface area contributed by atoms with Crippen LogP contribution in [-0.4, -0.2) is 36.1 Å². The number of aromatic hydroxyl groups is 1. The number of sulfone groups is 1. The van der Waals surface area contributed by atoms with E-state index in [4.69, 9.17) is 0 Å². The molecule has 0 saturated carbocycles. The zero-order valence-electron chi connectivity index (χ0n) is 10.4. The molecule has 1 unspecified atom stereocenters. The molecule has 1 aliphatic rings. The minimum absolute atomic E-state index is 0.0311. The van der Waals surface area contributed by atoms with Crippen molar-refractivity contribution in [3.8, 4) is 5.88 Å². The number of azo groups is 1. The highest BCUT2D eigenvalue weighted by atomic mass is 79.9. The second kappa shape index (κ2) is 4.85. The Morgan fingerprint density at radius 2 is 2.20 bits per heavy atom. The van der Waals surface area contributed by atoms with Gasteiger partial charge in [0.2, 0.25) is 5.88 Å². The van der Waals surface area contributed by atoms with Gasteiger partial charge in [-0.1, -0.05) is 15.9 Å². The minimum atomic E-state index is -2.98. The van der Waals surface area contributed by atoms with Gasteiger partial charge >= 0.3 is 0 Å². The lowest BCUT2D eigenvalue weighted by Gasteiger charge is -1.98. The number of nitrogens with one attached hydrogen (secondary N) is 1. The SMILES string of the molecule is O=S1(=O)CCC(N=Nc2c(O)[nH]c3ccc(Br)cc23)C1. The number of benzene rings is 1. The molecule has 0 bridgehead atoms. The van der Waals surface area contributed by atoms with Gasteiger partial charge in [-0.05, 0) is 24.6 Å². The van der Waals surface area contributed by atoms with E-state index in [1.54, 1.807) is 0 Å². The summed E-state index contributed by atoms with van der Waals surface area (Å²) in [5.74, 6) is 0.119. The van der Waals surface area contributed by atoms with Gasteiger partial charge in [-0.25, -0.2) is 8.42 Å². The van der Waals surface area contributed by atoms with Crippen molar-refractivity contribution in [3.05, 3.63) is 22.7 Å². The Labute approximate surface area is 124 Å². The van der Waals surface area contributed by atoms with Crippen LogP contribution in [0.25, 0.3) is 10.9 Å². The summed E-state index contributed by atoms with van der Waals surface area (Å²) in [6.07, 6.45) is 0.485. The predicted octanol–water partition coefficient (Wildman–Crippen LogP) is 2.91. The number of hydrogen-bond acceptors (Lipinski definition) is 5. The Kier molecular flexibility index (Phi) is 3.29. The molecule has 106 valence electrons. The number of H-pyrrole nitrogens is 1. The van der Waals surface area contributed by atoms with Crippen molar-refractivity contribution in [1.29, 1.82) is 0 Å². The second-order valence-corrected chi connectivity index (χ2v) is 7.93. The molecule has 2 aromatic rings. The van der Waals surface area contributed by atoms with E-state index in [1.165, 1.54) is 0 Å². The lowest BCUT2D eigenvalue weighted by Crippen LogP contribution is -2.06. The molecule has 2 N–H and O–H groups in total. The molecule has 1 aromatic carbocycles. The van der Waals surface area contributed by atoms with Gasteiger partial charge in [0.15, 0.2) is 15.5 Å². The summed E-state index contributed by atoms with van der Waals surface area (Å²) >= 11 is 3.36. The van der Waals surface area contributed by atoms with Crippen molar-refractivity contribution in [2.24, 2.45) is 10.2 Å². The molecule has 6 nitrogen and oxygen atoms in total. The Morgan fingerprint density at radius 1 is 1.40 bits per heavy atom. The van der Waals surface area contributed by atoms with Crippen LogP contribution in [-0.2, 0) is 9.84 Å². The fourth-order valence-electron chi connectivity index (χ4n) is 2.24. The Bertz CT molecular complexity index is 798. The van der Waals surface area contributed by atoms with E-state index in [1.807, 2.05) is 18.2 Å². The average molecular weight is 358 g/mol. The molecule has 3 rings (SSSR count). The van der Waals surface area contributed by atoms with Crippen molar-refractivity contribution in [3.63, 3.8) is 0 Å². The summed E-state index contributed by atoms with van der Waals surface area (Å²) in [7, 11) is -2.98. The third-order valence-corrected chi connectivity index (χ3v) is 5.49. The number of nitrogens with zero attached hydrogens (tertiary/aromatic N) is 2. The monoisotopic (exact) mass is 357 g/mol. The molecule has 1 fully saturated rings. The van der Waals surface area contributed by atoms with Crippen LogP contribution in [0.2, 0.25) is 0 Å². The largest absolute Gasteiger partial charge is 0.493 e. The van der Waals surface area contributed by atoms with Crippen LogP contribution < -0.4 is 0 Å². The number of aromatic amines is 1. The summed E-state index contributed by atoms with van der Waals surface area (Å²) < 4.78 is 23.6. The summed E-state index contributed by atoms with van der Waals surface area (Å²) in [4.78, 5) is 2.81. The van der Waals surface area contributed by atoms with Crippen LogP contribution in [0.3, 0.4) is 0 Å². The van der Waals surface area contributed by atoms with Gasteiger partial charge in [-0.3, -0.25) is 0 Å². The molecular weight excluding hydrogens is 346 g/mol. The van der Waals surface area contributed by atoms with E-state index < -0.39 is 9.84 Å². The van der Waals surface area contributed by atoms with Crippen molar-refractivity contribution in [2.75, 3.05) is 11.5 Å². The zero-order chi connectivity index (χ0) is 14.3. The van der Waals surface area contributed by atoms with E-state index in [-0.39, 0.29) is 23.4 Å². The maximum Gasteiger partial charge on any atom is 0.218 e. The molecular formula is C12H12BrN3O3S. The maximum atomic E-state index is 11.4. The van der Waals surface area contributed by atoms with Crippen LogP contribution in [0.5, 0.6) is 5.88 Å². The Balaban J connectivity index is 1.95. The Morgan fingerprint density at radius 3 is 2.90 bits per heavy atom. The van der Waals surface area contributed by atoms with Crippen LogP contribution in [0, 0.1) is 0 Å². The summed E-state index contributed by atoms with van der Waals surface area (Å²) in [6.45, 7) is 0. The number of halogens is 1. The van der Waals surface area contributed by atoms with Crippen LogP contribution in [0.4, 0.5) is 5.69 Å². The molecule has 0 aliphatic carbocycles. The van der Waals surface area contributed by atoms with Crippen molar-refractivity contribution >= 4 is 42.4 Å². The van der Waals surface area contributed by atoms with Gasteiger partial charge < -0.3 is 10.1 Å². The smallest absolute Gasteiger partial charge is 0.218 e. The fourth-order valence-corrected chi connectivity index (χ4v) is 4.22. The molecule has 0 spiro atoms. The maximum absolute atomic E-state index is 11.4. The second-order valence-electron chi connectivity index (χ2n) is 4.78. The Hall–Kier alpha value is -1.41. The van der Waals surface area contributed by atoms with Gasteiger partial charge in [0, 0.05) is 9.86 Å². The quantitative estimate of drug-likeness (QED) is 0.808. The molecule has 1 saturated heterocycles. The lowest BCUT2D eigenvalue weighted by molar-refractivity contribution is 0.459. The summed E-state index contributed by atoms with van der Waals surface area (Å²) in [6, 6.07) is 5.17. The number of fused-ring (bicyclic) bond motifs is 1. The third kappa shape index (κ3) is 2.57.